The molecule has 4 rings (SSSR count). The molecule has 1 saturated carbocycles. The minimum atomic E-state index is -0.207. The highest BCUT2D eigenvalue weighted by Gasteiger charge is 2.20. The standard InChI is InChI=1S/C28H29F/c1-3-4-21-7-9-22(10-8-21)11-14-24-15-16-26-19-25(17-18-27(26)28(24)29)23-12-5-20(2)6-13-23/h7-10,15-20,23H,3-6,12-13H2,1-2H3. The largest absolute Gasteiger partial charge is 0.205 e. The van der Waals surface area contributed by atoms with Crippen molar-refractivity contribution in [2.75, 3.05) is 0 Å². The third kappa shape index (κ3) is 4.54. The monoisotopic (exact) mass is 384 g/mol. The Hall–Kier alpha value is -2.59. The summed E-state index contributed by atoms with van der Waals surface area (Å²) in [6, 6.07) is 18.4. The molecule has 1 fully saturated rings. The van der Waals surface area contributed by atoms with Crippen molar-refractivity contribution in [3.63, 3.8) is 0 Å². The summed E-state index contributed by atoms with van der Waals surface area (Å²) in [5.41, 5.74) is 4.06. The lowest BCUT2D eigenvalue weighted by atomic mass is 9.79. The Morgan fingerprint density at radius 1 is 0.897 bits per heavy atom. The molecule has 0 heterocycles. The summed E-state index contributed by atoms with van der Waals surface area (Å²) in [7, 11) is 0. The lowest BCUT2D eigenvalue weighted by Gasteiger charge is -2.26. The second-order valence-electron chi connectivity index (χ2n) is 8.56. The molecule has 148 valence electrons. The van der Waals surface area contributed by atoms with Crippen molar-refractivity contribution in [1.29, 1.82) is 0 Å². The summed E-state index contributed by atoms with van der Waals surface area (Å²) in [6.45, 7) is 4.52. The van der Waals surface area contributed by atoms with Gasteiger partial charge < -0.3 is 0 Å². The molecule has 0 N–H and O–H groups in total. The normalized spacial score (nSPS) is 19.0. The average Bonchev–Trinajstić information content (AvgIpc) is 2.75. The van der Waals surface area contributed by atoms with Gasteiger partial charge in [0.05, 0.1) is 5.56 Å². The van der Waals surface area contributed by atoms with Gasteiger partial charge in [-0.25, -0.2) is 4.39 Å². The van der Waals surface area contributed by atoms with Crippen LogP contribution in [0.5, 0.6) is 0 Å². The van der Waals surface area contributed by atoms with Crippen molar-refractivity contribution in [3.8, 4) is 11.8 Å². The SMILES string of the molecule is CCCc1ccc(C#Cc2ccc3cc(C4CCC(C)CC4)ccc3c2F)cc1. The maximum Gasteiger partial charge on any atom is 0.146 e. The lowest BCUT2D eigenvalue weighted by Crippen LogP contribution is -2.10. The zero-order valence-electron chi connectivity index (χ0n) is 17.5. The van der Waals surface area contributed by atoms with Crippen LogP contribution in [-0.4, -0.2) is 0 Å². The molecule has 1 aliphatic carbocycles. The molecule has 0 aromatic heterocycles. The van der Waals surface area contributed by atoms with Crippen LogP contribution in [0, 0.1) is 23.6 Å². The number of rotatable bonds is 3. The average molecular weight is 385 g/mol. The topological polar surface area (TPSA) is 0 Å². The van der Waals surface area contributed by atoms with Crippen LogP contribution in [0.25, 0.3) is 10.8 Å². The summed E-state index contributed by atoms with van der Waals surface area (Å²) >= 11 is 0. The smallest absolute Gasteiger partial charge is 0.146 e. The van der Waals surface area contributed by atoms with Crippen LogP contribution in [0.15, 0.2) is 54.6 Å². The first-order valence-corrected chi connectivity index (χ1v) is 11.0. The van der Waals surface area contributed by atoms with Crippen LogP contribution < -0.4 is 0 Å². The summed E-state index contributed by atoms with van der Waals surface area (Å²) in [5.74, 6) is 7.40. The minimum Gasteiger partial charge on any atom is -0.205 e. The second-order valence-corrected chi connectivity index (χ2v) is 8.56. The molecule has 0 radical (unpaired) electrons. The molecule has 0 atom stereocenters. The highest BCUT2D eigenvalue weighted by molar-refractivity contribution is 5.85. The predicted octanol–water partition coefficient (Wildman–Crippen LogP) is 7.62. The fraction of sp³-hybridized carbons (Fsp3) is 0.357. The molecular formula is C28H29F. The Kier molecular flexibility index (Phi) is 6.00. The molecule has 3 aromatic carbocycles. The van der Waals surface area contributed by atoms with Crippen molar-refractivity contribution in [3.05, 3.63) is 82.7 Å². The van der Waals surface area contributed by atoms with E-state index in [9.17, 15) is 0 Å². The molecule has 29 heavy (non-hydrogen) atoms. The first kappa shape index (κ1) is 19.7. The Bertz CT molecular complexity index is 1040. The van der Waals surface area contributed by atoms with E-state index >= 15 is 4.39 Å². The molecule has 1 aliphatic rings. The number of hydrogen-bond donors (Lipinski definition) is 0. The third-order valence-corrected chi connectivity index (χ3v) is 6.30. The van der Waals surface area contributed by atoms with Gasteiger partial charge in [-0.3, -0.25) is 0 Å². The Labute approximate surface area is 174 Å². The van der Waals surface area contributed by atoms with Crippen LogP contribution in [0.4, 0.5) is 4.39 Å². The van der Waals surface area contributed by atoms with Crippen molar-refractivity contribution in [1.82, 2.24) is 0 Å². The molecule has 0 amide bonds. The number of benzene rings is 3. The highest BCUT2D eigenvalue weighted by Crippen LogP contribution is 2.36. The van der Waals surface area contributed by atoms with Gasteiger partial charge >= 0.3 is 0 Å². The van der Waals surface area contributed by atoms with Gasteiger partial charge in [0.2, 0.25) is 0 Å². The summed E-state index contributed by atoms with van der Waals surface area (Å²) < 4.78 is 15.1. The quantitative estimate of drug-likeness (QED) is 0.407. The van der Waals surface area contributed by atoms with Crippen LogP contribution in [0.3, 0.4) is 0 Å². The maximum atomic E-state index is 15.1. The van der Waals surface area contributed by atoms with Crippen LogP contribution in [0.2, 0.25) is 0 Å². The van der Waals surface area contributed by atoms with E-state index < -0.39 is 0 Å². The lowest BCUT2D eigenvalue weighted by molar-refractivity contribution is 0.348. The van der Waals surface area contributed by atoms with Crippen LogP contribution in [0.1, 0.15) is 74.1 Å². The number of aryl methyl sites for hydroxylation is 1. The number of hydrogen-bond acceptors (Lipinski definition) is 0. The van der Waals surface area contributed by atoms with Gasteiger partial charge in [0.15, 0.2) is 0 Å². The van der Waals surface area contributed by atoms with E-state index in [4.69, 9.17) is 0 Å². The maximum absolute atomic E-state index is 15.1. The second kappa shape index (κ2) is 8.83. The molecule has 1 heteroatoms. The first-order chi connectivity index (χ1) is 14.1. The van der Waals surface area contributed by atoms with Gasteiger partial charge in [-0.05, 0) is 65.8 Å². The fourth-order valence-corrected chi connectivity index (χ4v) is 4.44. The predicted molar refractivity (Wildman–Crippen MR) is 121 cm³/mol. The fourth-order valence-electron chi connectivity index (χ4n) is 4.44. The molecule has 0 bridgehead atoms. The van der Waals surface area contributed by atoms with E-state index in [1.54, 1.807) is 0 Å². The minimum absolute atomic E-state index is 0.207. The summed E-state index contributed by atoms with van der Waals surface area (Å²) in [6.07, 6.45) is 7.30. The molecule has 3 aromatic rings. The summed E-state index contributed by atoms with van der Waals surface area (Å²) in [4.78, 5) is 0. The Morgan fingerprint density at radius 3 is 2.38 bits per heavy atom. The van der Waals surface area contributed by atoms with Crippen LogP contribution >= 0.6 is 0 Å². The van der Waals surface area contributed by atoms with E-state index in [2.05, 4.69) is 50.0 Å². The Morgan fingerprint density at radius 2 is 1.66 bits per heavy atom. The van der Waals surface area contributed by atoms with Crippen molar-refractivity contribution in [2.45, 2.75) is 58.3 Å². The van der Waals surface area contributed by atoms with Gasteiger partial charge in [-0.1, -0.05) is 81.3 Å². The molecule has 0 saturated heterocycles. The first-order valence-electron chi connectivity index (χ1n) is 11.0. The number of fused-ring (bicyclic) bond motifs is 1. The highest BCUT2D eigenvalue weighted by atomic mass is 19.1. The van der Waals surface area contributed by atoms with Crippen molar-refractivity contribution < 1.29 is 4.39 Å². The van der Waals surface area contributed by atoms with E-state index in [1.165, 1.54) is 36.8 Å². The van der Waals surface area contributed by atoms with E-state index in [0.29, 0.717) is 16.9 Å². The third-order valence-electron chi connectivity index (χ3n) is 6.30. The van der Waals surface area contributed by atoms with Crippen LogP contribution in [-0.2, 0) is 6.42 Å². The molecular weight excluding hydrogens is 355 g/mol. The molecule has 0 spiro atoms. The van der Waals surface area contributed by atoms with Crippen molar-refractivity contribution in [2.24, 2.45) is 5.92 Å². The summed E-state index contributed by atoms with van der Waals surface area (Å²) in [5, 5.41) is 1.65. The Balaban J connectivity index is 1.57. The van der Waals surface area contributed by atoms with Gasteiger partial charge in [0, 0.05) is 10.9 Å². The zero-order chi connectivity index (χ0) is 20.2. The van der Waals surface area contributed by atoms with Gasteiger partial charge in [0.25, 0.3) is 0 Å². The van der Waals surface area contributed by atoms with Gasteiger partial charge in [-0.2, -0.15) is 0 Å². The molecule has 0 unspecified atom stereocenters. The van der Waals surface area contributed by atoms with E-state index in [1.807, 2.05) is 30.3 Å². The molecule has 0 nitrogen and oxygen atoms in total. The van der Waals surface area contributed by atoms with Crippen molar-refractivity contribution >= 4 is 10.8 Å². The number of halogens is 1. The zero-order valence-corrected chi connectivity index (χ0v) is 17.5. The van der Waals surface area contributed by atoms with Gasteiger partial charge in [-0.15, -0.1) is 0 Å². The van der Waals surface area contributed by atoms with E-state index in [-0.39, 0.29) is 5.82 Å². The molecule has 0 aliphatic heterocycles. The van der Waals surface area contributed by atoms with E-state index in [0.717, 1.165) is 29.7 Å². The van der Waals surface area contributed by atoms with Gasteiger partial charge in [0.1, 0.15) is 5.82 Å².